The highest BCUT2D eigenvalue weighted by atomic mass is 16.4. The van der Waals surface area contributed by atoms with Crippen LogP contribution >= 0.6 is 0 Å². The van der Waals surface area contributed by atoms with Crippen molar-refractivity contribution in [3.05, 3.63) is 29.8 Å². The van der Waals surface area contributed by atoms with E-state index in [1.807, 2.05) is 31.2 Å². The third kappa shape index (κ3) is 5.52. The van der Waals surface area contributed by atoms with E-state index in [0.717, 1.165) is 11.3 Å². The van der Waals surface area contributed by atoms with Crippen molar-refractivity contribution in [3.8, 4) is 0 Å². The molecule has 0 aliphatic rings. The number of rotatable bonds is 6. The normalized spacial score (nSPS) is 12.2. The maximum absolute atomic E-state index is 11.8. The van der Waals surface area contributed by atoms with Crippen LogP contribution in [-0.4, -0.2) is 42.0 Å². The van der Waals surface area contributed by atoms with Crippen LogP contribution in [0, 0.1) is 12.8 Å². The molecular formula is C14H20N2O3. The second-order valence-corrected chi connectivity index (χ2v) is 4.85. The van der Waals surface area contributed by atoms with Gasteiger partial charge in [0.05, 0.1) is 12.5 Å². The van der Waals surface area contributed by atoms with Crippen molar-refractivity contribution in [1.82, 2.24) is 4.90 Å². The predicted molar refractivity (Wildman–Crippen MR) is 74.1 cm³/mol. The molecule has 1 unspecified atom stereocenters. The summed E-state index contributed by atoms with van der Waals surface area (Å²) in [5.74, 6) is -1.49. The number of carboxylic acid groups (broad SMARTS) is 1. The van der Waals surface area contributed by atoms with E-state index in [1.54, 1.807) is 18.9 Å². The van der Waals surface area contributed by atoms with Crippen molar-refractivity contribution in [2.45, 2.75) is 13.8 Å². The number of carboxylic acids is 1. The number of carbonyl (C=O) groups excluding carboxylic acids is 1. The van der Waals surface area contributed by atoms with Crippen LogP contribution in [0.1, 0.15) is 12.5 Å². The van der Waals surface area contributed by atoms with Crippen molar-refractivity contribution < 1.29 is 14.7 Å². The summed E-state index contributed by atoms with van der Waals surface area (Å²) in [5, 5.41) is 11.6. The quantitative estimate of drug-likeness (QED) is 0.818. The number of hydrogen-bond donors (Lipinski definition) is 2. The van der Waals surface area contributed by atoms with E-state index in [2.05, 4.69) is 5.32 Å². The summed E-state index contributed by atoms with van der Waals surface area (Å²) < 4.78 is 0. The minimum atomic E-state index is -0.856. The number of nitrogens with zero attached hydrogens (tertiary/aromatic N) is 1. The van der Waals surface area contributed by atoms with Crippen LogP contribution in [0.5, 0.6) is 0 Å². The number of anilines is 1. The molecule has 0 fully saturated rings. The van der Waals surface area contributed by atoms with Crippen molar-refractivity contribution >= 4 is 17.6 Å². The minimum Gasteiger partial charge on any atom is -0.481 e. The van der Waals surface area contributed by atoms with Crippen LogP contribution in [0.25, 0.3) is 0 Å². The highest BCUT2D eigenvalue weighted by Gasteiger charge is 2.15. The molecule has 19 heavy (non-hydrogen) atoms. The van der Waals surface area contributed by atoms with Gasteiger partial charge in [0.2, 0.25) is 5.91 Å². The Morgan fingerprint density at radius 3 is 2.42 bits per heavy atom. The van der Waals surface area contributed by atoms with Crippen molar-refractivity contribution in [1.29, 1.82) is 0 Å². The monoisotopic (exact) mass is 264 g/mol. The zero-order chi connectivity index (χ0) is 14.4. The number of aliphatic carboxylic acids is 1. The zero-order valence-electron chi connectivity index (χ0n) is 11.5. The molecule has 0 radical (unpaired) electrons. The van der Waals surface area contributed by atoms with Crippen molar-refractivity contribution in [2.24, 2.45) is 5.92 Å². The van der Waals surface area contributed by atoms with Gasteiger partial charge >= 0.3 is 5.97 Å². The topological polar surface area (TPSA) is 69.6 Å². The fourth-order valence-electron chi connectivity index (χ4n) is 1.69. The van der Waals surface area contributed by atoms with Crippen molar-refractivity contribution in [2.75, 3.05) is 25.5 Å². The Labute approximate surface area is 113 Å². The molecule has 0 aliphatic carbocycles. The molecule has 1 rings (SSSR count). The van der Waals surface area contributed by atoms with E-state index >= 15 is 0 Å². The van der Waals surface area contributed by atoms with E-state index in [0.29, 0.717) is 6.54 Å². The first kappa shape index (κ1) is 15.2. The average molecular weight is 264 g/mol. The van der Waals surface area contributed by atoms with Gasteiger partial charge in [0.15, 0.2) is 0 Å². The van der Waals surface area contributed by atoms with Gasteiger partial charge in [-0.05, 0) is 26.1 Å². The summed E-state index contributed by atoms with van der Waals surface area (Å²) in [6.45, 7) is 4.12. The van der Waals surface area contributed by atoms with Gasteiger partial charge in [-0.15, -0.1) is 0 Å². The van der Waals surface area contributed by atoms with E-state index in [4.69, 9.17) is 5.11 Å². The van der Waals surface area contributed by atoms with Gasteiger partial charge in [-0.1, -0.05) is 24.6 Å². The first-order valence-electron chi connectivity index (χ1n) is 6.16. The largest absolute Gasteiger partial charge is 0.481 e. The summed E-state index contributed by atoms with van der Waals surface area (Å²) in [7, 11) is 1.73. The maximum atomic E-state index is 11.8. The van der Waals surface area contributed by atoms with E-state index in [9.17, 15) is 9.59 Å². The lowest BCUT2D eigenvalue weighted by Crippen LogP contribution is -2.35. The molecule has 2 N–H and O–H groups in total. The Kier molecular flexibility index (Phi) is 5.51. The van der Waals surface area contributed by atoms with Crippen LogP contribution in [0.4, 0.5) is 5.69 Å². The molecule has 5 nitrogen and oxygen atoms in total. The van der Waals surface area contributed by atoms with Crippen LogP contribution in [0.3, 0.4) is 0 Å². The number of amides is 1. The number of hydrogen-bond acceptors (Lipinski definition) is 3. The van der Waals surface area contributed by atoms with E-state index < -0.39 is 11.9 Å². The summed E-state index contributed by atoms with van der Waals surface area (Å²) >= 11 is 0. The average Bonchev–Trinajstić information content (AvgIpc) is 2.31. The Morgan fingerprint density at radius 1 is 1.32 bits per heavy atom. The Balaban J connectivity index is 2.42. The van der Waals surface area contributed by atoms with Gasteiger partial charge in [-0.25, -0.2) is 0 Å². The number of aryl methyl sites for hydroxylation is 1. The van der Waals surface area contributed by atoms with Crippen LogP contribution in [0.2, 0.25) is 0 Å². The molecule has 1 aromatic carbocycles. The lowest BCUT2D eigenvalue weighted by Gasteiger charge is -2.18. The van der Waals surface area contributed by atoms with Crippen LogP contribution in [0.15, 0.2) is 24.3 Å². The molecule has 0 saturated carbocycles. The molecule has 0 aromatic heterocycles. The summed E-state index contributed by atoms with van der Waals surface area (Å²) in [5.41, 5.74) is 1.88. The Morgan fingerprint density at radius 2 is 1.89 bits per heavy atom. The number of nitrogens with one attached hydrogen (secondary N) is 1. The molecule has 104 valence electrons. The third-order valence-corrected chi connectivity index (χ3v) is 2.76. The van der Waals surface area contributed by atoms with Gasteiger partial charge in [0.1, 0.15) is 0 Å². The molecule has 0 saturated heterocycles. The predicted octanol–water partition coefficient (Wildman–Crippen LogP) is 1.59. The molecule has 0 heterocycles. The SMILES string of the molecule is Cc1ccc(NC(=O)CN(C)CC(C)C(=O)O)cc1. The molecular weight excluding hydrogens is 244 g/mol. The highest BCUT2D eigenvalue weighted by Crippen LogP contribution is 2.08. The zero-order valence-corrected chi connectivity index (χ0v) is 11.5. The van der Waals surface area contributed by atoms with Gasteiger partial charge in [0, 0.05) is 12.2 Å². The molecule has 1 atom stereocenters. The fourth-order valence-corrected chi connectivity index (χ4v) is 1.69. The van der Waals surface area contributed by atoms with Gasteiger partial charge < -0.3 is 10.4 Å². The number of likely N-dealkylation sites (N-methyl/N-ethyl adjacent to an activating group) is 1. The molecule has 0 aliphatic heterocycles. The van der Waals surface area contributed by atoms with Crippen LogP contribution in [-0.2, 0) is 9.59 Å². The molecule has 5 heteroatoms. The van der Waals surface area contributed by atoms with E-state index in [-0.39, 0.29) is 12.5 Å². The summed E-state index contributed by atoms with van der Waals surface area (Å²) in [6.07, 6.45) is 0. The standard InChI is InChI=1S/C14H20N2O3/c1-10-4-6-12(7-5-10)15-13(17)9-16(3)8-11(2)14(18)19/h4-7,11H,8-9H2,1-3H3,(H,15,17)(H,18,19). The molecule has 1 amide bonds. The molecule has 0 spiro atoms. The second-order valence-electron chi connectivity index (χ2n) is 4.85. The third-order valence-electron chi connectivity index (χ3n) is 2.76. The van der Waals surface area contributed by atoms with Crippen molar-refractivity contribution in [3.63, 3.8) is 0 Å². The Hall–Kier alpha value is -1.88. The summed E-state index contributed by atoms with van der Waals surface area (Å²) in [4.78, 5) is 24.2. The minimum absolute atomic E-state index is 0.149. The molecule has 1 aromatic rings. The lowest BCUT2D eigenvalue weighted by atomic mass is 10.2. The summed E-state index contributed by atoms with van der Waals surface area (Å²) in [6, 6.07) is 7.53. The first-order chi connectivity index (χ1) is 8.88. The van der Waals surface area contributed by atoms with E-state index in [1.165, 1.54) is 0 Å². The maximum Gasteiger partial charge on any atom is 0.307 e. The number of carbonyl (C=O) groups is 2. The Bertz CT molecular complexity index is 443. The van der Waals surface area contributed by atoms with Crippen LogP contribution < -0.4 is 5.32 Å². The smallest absolute Gasteiger partial charge is 0.307 e. The van der Waals surface area contributed by atoms with Gasteiger partial charge in [-0.3, -0.25) is 14.5 Å². The number of benzene rings is 1. The first-order valence-corrected chi connectivity index (χ1v) is 6.16. The fraction of sp³-hybridized carbons (Fsp3) is 0.429. The lowest BCUT2D eigenvalue weighted by molar-refractivity contribution is -0.141. The van der Waals surface area contributed by atoms with Gasteiger partial charge in [-0.2, -0.15) is 0 Å². The second kappa shape index (κ2) is 6.89. The molecule has 0 bridgehead atoms. The van der Waals surface area contributed by atoms with Gasteiger partial charge in [0.25, 0.3) is 0 Å². The highest BCUT2D eigenvalue weighted by molar-refractivity contribution is 5.92.